The molecule has 3 aromatic rings. The van der Waals surface area contributed by atoms with Gasteiger partial charge in [0.25, 0.3) is 0 Å². The lowest BCUT2D eigenvalue weighted by Crippen LogP contribution is -2.46. The summed E-state index contributed by atoms with van der Waals surface area (Å²) in [5.74, 6) is -1.05. The Morgan fingerprint density at radius 2 is 2.12 bits per heavy atom. The van der Waals surface area contributed by atoms with Gasteiger partial charge in [-0.1, -0.05) is 29.4 Å². The Morgan fingerprint density at radius 3 is 2.69 bits per heavy atom. The summed E-state index contributed by atoms with van der Waals surface area (Å²) < 4.78 is 39.1. The average molecular weight is 464 g/mol. The lowest BCUT2D eigenvalue weighted by atomic mass is 9.91. The van der Waals surface area contributed by atoms with Crippen LogP contribution >= 0.6 is 12.3 Å². The van der Waals surface area contributed by atoms with Crippen molar-refractivity contribution in [3.8, 4) is 11.3 Å². The third-order valence-electron chi connectivity index (χ3n) is 5.00. The number of fused-ring (bicyclic) bond motifs is 1. The fourth-order valence-electron chi connectivity index (χ4n) is 3.34. The second-order valence-corrected chi connectivity index (χ2v) is 7.55. The Morgan fingerprint density at radius 1 is 1.41 bits per heavy atom. The molecule has 1 amide bonds. The van der Waals surface area contributed by atoms with Gasteiger partial charge in [-0.15, -0.1) is 3.89 Å². The number of rotatable bonds is 5. The molecular formula is C20H18F2N4O5S. The number of amidine groups is 1. The number of hydrogen-bond acceptors (Lipinski definition) is 8. The van der Waals surface area contributed by atoms with Crippen LogP contribution in [0.2, 0.25) is 0 Å². The van der Waals surface area contributed by atoms with Crippen LogP contribution in [0.4, 0.5) is 13.1 Å². The molecule has 0 radical (unpaired) electrons. The van der Waals surface area contributed by atoms with Crippen molar-refractivity contribution in [1.29, 1.82) is 0 Å². The van der Waals surface area contributed by atoms with E-state index in [1.54, 1.807) is 31.2 Å². The maximum atomic E-state index is 14.9. The van der Waals surface area contributed by atoms with Crippen molar-refractivity contribution in [2.75, 3.05) is 19.8 Å². The summed E-state index contributed by atoms with van der Waals surface area (Å²) in [6, 6.07) is 7.59. The molecule has 0 spiro atoms. The number of aromatic nitrogens is 2. The molecule has 1 fully saturated rings. The summed E-state index contributed by atoms with van der Waals surface area (Å²) in [5, 5.41) is 25.0. The third kappa shape index (κ3) is 3.87. The molecule has 3 heterocycles. The second kappa shape index (κ2) is 8.73. The number of aliphatic hydroxyl groups is 1. The molecule has 2 aromatic heterocycles. The van der Waals surface area contributed by atoms with Gasteiger partial charge in [0, 0.05) is 17.8 Å². The lowest BCUT2D eigenvalue weighted by molar-refractivity contribution is -0.184. The molecule has 0 aliphatic carbocycles. The highest BCUT2D eigenvalue weighted by atomic mass is 32.2. The van der Waals surface area contributed by atoms with Crippen LogP contribution in [0.15, 0.2) is 41.7 Å². The van der Waals surface area contributed by atoms with Gasteiger partial charge in [-0.3, -0.25) is 9.29 Å². The minimum Gasteiger partial charge on any atom is -0.450 e. The van der Waals surface area contributed by atoms with Crippen LogP contribution in [-0.2, 0) is 15.1 Å². The van der Waals surface area contributed by atoms with E-state index >= 15 is 0 Å². The van der Waals surface area contributed by atoms with E-state index in [9.17, 15) is 23.4 Å². The fourth-order valence-corrected chi connectivity index (χ4v) is 3.70. The van der Waals surface area contributed by atoms with E-state index in [2.05, 4.69) is 15.5 Å². The van der Waals surface area contributed by atoms with Gasteiger partial charge in [0.05, 0.1) is 30.9 Å². The van der Waals surface area contributed by atoms with Crippen molar-refractivity contribution in [3.05, 3.63) is 53.5 Å². The molecule has 1 aliphatic heterocycles. The number of amides is 1. The van der Waals surface area contributed by atoms with E-state index in [1.165, 1.54) is 6.20 Å². The number of hydrogen-bond donors (Lipinski definition) is 3. The number of halogens is 2. The summed E-state index contributed by atoms with van der Waals surface area (Å²) in [6.45, 7) is 2.04. The van der Waals surface area contributed by atoms with E-state index in [0.717, 1.165) is 10.0 Å². The third-order valence-corrected chi connectivity index (χ3v) is 5.45. The Kier molecular flexibility index (Phi) is 6.00. The summed E-state index contributed by atoms with van der Waals surface area (Å²) >= 11 is -0.210. The van der Waals surface area contributed by atoms with Crippen molar-refractivity contribution in [2.45, 2.75) is 12.5 Å². The maximum absolute atomic E-state index is 14.9. The maximum Gasteiger partial charge on any atom is 0.412 e. The van der Waals surface area contributed by atoms with Gasteiger partial charge in [-0.25, -0.2) is 14.2 Å². The predicted molar refractivity (Wildman–Crippen MR) is 112 cm³/mol. The number of alkyl carbamates (subject to hydrolysis) is 1. The van der Waals surface area contributed by atoms with Crippen molar-refractivity contribution in [3.63, 3.8) is 0 Å². The van der Waals surface area contributed by atoms with E-state index in [-0.39, 0.29) is 60.3 Å². The van der Waals surface area contributed by atoms with Crippen LogP contribution in [0.3, 0.4) is 0 Å². The Balaban J connectivity index is 1.77. The minimum atomic E-state index is -1.07. The molecule has 1 aromatic carbocycles. The molecule has 0 bridgehead atoms. The molecule has 0 unspecified atom stereocenters. The molecule has 4 rings (SSSR count). The number of carbonyl (C=O) groups is 1. The summed E-state index contributed by atoms with van der Waals surface area (Å²) in [5.41, 5.74) is 0.135. The summed E-state index contributed by atoms with van der Waals surface area (Å²) in [6.07, 6.45) is 0.326. The van der Waals surface area contributed by atoms with Gasteiger partial charge in [0.1, 0.15) is 16.8 Å². The van der Waals surface area contributed by atoms with Crippen LogP contribution < -0.4 is 5.32 Å². The highest BCUT2D eigenvalue weighted by Gasteiger charge is 2.37. The van der Waals surface area contributed by atoms with E-state index < -0.39 is 17.5 Å². The quantitative estimate of drug-likeness (QED) is 0.229. The zero-order valence-corrected chi connectivity index (χ0v) is 17.5. The first-order chi connectivity index (χ1) is 15.4. The lowest BCUT2D eigenvalue weighted by Gasteiger charge is -2.36. The first kappa shape index (κ1) is 22.0. The monoisotopic (exact) mass is 464 g/mol. The molecule has 9 nitrogen and oxygen atoms in total. The number of nitrogens with one attached hydrogen (secondary N) is 1. The largest absolute Gasteiger partial charge is 0.450 e. The van der Waals surface area contributed by atoms with Gasteiger partial charge in [0.2, 0.25) is 0 Å². The number of benzene rings is 1. The topological polar surface area (TPSA) is 118 Å². The van der Waals surface area contributed by atoms with Crippen molar-refractivity contribution in [2.24, 2.45) is 5.16 Å². The first-order valence-electron chi connectivity index (χ1n) is 9.48. The number of nitrogens with zero attached hydrogens (tertiary/aromatic N) is 3. The molecule has 12 heteroatoms. The zero-order chi connectivity index (χ0) is 22.9. The highest BCUT2D eigenvalue weighted by Crippen LogP contribution is 2.33. The minimum absolute atomic E-state index is 0.0443. The van der Waals surface area contributed by atoms with Crippen LogP contribution in [-0.4, -0.2) is 51.0 Å². The Bertz CT molecular complexity index is 1190. The number of oxime groups is 1. The standard InChI is InChI=1S/C20H18F2N4O5S/c1-2-31-19(27)24-18(25-29)13-8-26(32-22)15-7-14(21)16(23-17(13)15)11-3-5-12(6-4-11)20(28)9-30-10-20/h3-8,28-29H,2,9-10H2,1H3,(H,24,25,27). The number of pyridine rings is 1. The molecule has 1 saturated heterocycles. The highest BCUT2D eigenvalue weighted by molar-refractivity contribution is 7.92. The molecule has 1 aliphatic rings. The number of ether oxygens (including phenoxy) is 2. The van der Waals surface area contributed by atoms with E-state index in [1.807, 2.05) is 0 Å². The molecule has 3 N–H and O–H groups in total. The Labute approximate surface area is 185 Å². The van der Waals surface area contributed by atoms with Gasteiger partial charge >= 0.3 is 6.09 Å². The number of carbonyl (C=O) groups excluding carboxylic acids is 1. The second-order valence-electron chi connectivity index (χ2n) is 7.02. The smallest absolute Gasteiger partial charge is 0.412 e. The first-order valence-corrected chi connectivity index (χ1v) is 10.2. The van der Waals surface area contributed by atoms with Gasteiger partial charge in [0.15, 0.2) is 24.0 Å². The zero-order valence-electron chi connectivity index (χ0n) is 16.7. The average Bonchev–Trinajstić information content (AvgIpc) is 3.13. The molecular weight excluding hydrogens is 446 g/mol. The van der Waals surface area contributed by atoms with Crippen molar-refractivity contribution < 1.29 is 32.9 Å². The predicted octanol–water partition coefficient (Wildman–Crippen LogP) is 3.32. The molecule has 0 saturated carbocycles. The molecule has 168 valence electrons. The Hall–Kier alpha value is -3.22. The van der Waals surface area contributed by atoms with Gasteiger partial charge in [-0.05, 0) is 12.5 Å². The summed E-state index contributed by atoms with van der Waals surface area (Å²) in [4.78, 5) is 16.1. The SMILES string of the molecule is CCOC(=O)N/C(=N\O)c1cn(SF)c2cc(F)c(-c3ccc(C4(O)COC4)cc3)nc12. The van der Waals surface area contributed by atoms with Crippen LogP contribution in [0.5, 0.6) is 0 Å². The van der Waals surface area contributed by atoms with Gasteiger partial charge in [-0.2, -0.15) is 0 Å². The summed E-state index contributed by atoms with van der Waals surface area (Å²) in [7, 11) is 0. The normalized spacial score (nSPS) is 15.4. The van der Waals surface area contributed by atoms with Gasteiger partial charge < -0.3 is 19.8 Å². The van der Waals surface area contributed by atoms with Crippen molar-refractivity contribution in [1.82, 2.24) is 14.3 Å². The van der Waals surface area contributed by atoms with Crippen molar-refractivity contribution >= 4 is 35.3 Å². The molecule has 32 heavy (non-hydrogen) atoms. The fraction of sp³-hybridized carbons (Fsp3) is 0.250. The van der Waals surface area contributed by atoms with Crippen LogP contribution in [0, 0.1) is 5.82 Å². The van der Waals surface area contributed by atoms with E-state index in [0.29, 0.717) is 11.1 Å². The van der Waals surface area contributed by atoms with Crippen LogP contribution in [0.1, 0.15) is 18.1 Å². The molecule has 0 atom stereocenters. The van der Waals surface area contributed by atoms with E-state index in [4.69, 9.17) is 9.47 Å². The van der Waals surface area contributed by atoms with Crippen LogP contribution in [0.25, 0.3) is 22.3 Å².